The van der Waals surface area contributed by atoms with Gasteiger partial charge in [0.1, 0.15) is 0 Å². The monoisotopic (exact) mass is 485 g/mol. The molecular formula is C30H39N5O. The quantitative estimate of drug-likeness (QED) is 0.519. The number of rotatable bonds is 7. The maximum atomic E-state index is 6.35. The number of benzene rings is 1. The van der Waals surface area contributed by atoms with Crippen molar-refractivity contribution >= 4 is 18.6 Å². The van der Waals surface area contributed by atoms with E-state index in [1.807, 2.05) is 37.6 Å². The average molecular weight is 486 g/mol. The van der Waals surface area contributed by atoms with Crippen molar-refractivity contribution < 1.29 is 4.74 Å². The van der Waals surface area contributed by atoms with Gasteiger partial charge >= 0.3 is 0 Å². The molecule has 190 valence electrons. The molecule has 0 spiro atoms. The molecule has 0 saturated heterocycles. The number of fused-ring (bicyclic) bond motifs is 1. The van der Waals surface area contributed by atoms with Crippen molar-refractivity contribution in [1.82, 2.24) is 5.01 Å². The van der Waals surface area contributed by atoms with E-state index in [9.17, 15) is 0 Å². The predicted octanol–water partition coefficient (Wildman–Crippen LogP) is 5.49. The molecule has 1 aromatic carbocycles. The summed E-state index contributed by atoms with van der Waals surface area (Å²) in [6, 6.07) is 10.1. The number of hydrazone groups is 1. The summed E-state index contributed by atoms with van der Waals surface area (Å²) in [5.41, 5.74) is 12.0. The second-order valence-electron chi connectivity index (χ2n) is 11.2. The summed E-state index contributed by atoms with van der Waals surface area (Å²) in [5, 5.41) is 6.79. The highest BCUT2D eigenvalue weighted by Crippen LogP contribution is 2.46. The molecule has 1 saturated carbocycles. The van der Waals surface area contributed by atoms with Crippen LogP contribution in [0.3, 0.4) is 0 Å². The van der Waals surface area contributed by atoms with Gasteiger partial charge in [0, 0.05) is 36.4 Å². The lowest BCUT2D eigenvalue weighted by molar-refractivity contribution is 0.0482. The normalized spacial score (nSPS) is 30.1. The number of nitrogens with two attached hydrogens (primary N) is 1. The van der Waals surface area contributed by atoms with Gasteiger partial charge in [0.25, 0.3) is 0 Å². The lowest BCUT2D eigenvalue weighted by Crippen LogP contribution is -2.29. The van der Waals surface area contributed by atoms with Crippen LogP contribution in [0.4, 0.5) is 0 Å². The Morgan fingerprint density at radius 2 is 2.03 bits per heavy atom. The van der Waals surface area contributed by atoms with Crippen LogP contribution in [0.25, 0.3) is 0 Å². The van der Waals surface area contributed by atoms with Gasteiger partial charge in [-0.3, -0.25) is 15.0 Å². The fourth-order valence-electron chi connectivity index (χ4n) is 5.56. The third-order valence-corrected chi connectivity index (χ3v) is 8.53. The van der Waals surface area contributed by atoms with Crippen LogP contribution in [0, 0.1) is 23.2 Å². The maximum Gasteiger partial charge on any atom is 0.152 e. The van der Waals surface area contributed by atoms with Crippen LogP contribution in [0.15, 0.2) is 80.1 Å². The van der Waals surface area contributed by atoms with Crippen LogP contribution >= 0.6 is 0 Å². The molecule has 3 heterocycles. The summed E-state index contributed by atoms with van der Waals surface area (Å²) in [6.45, 7) is 10.5. The van der Waals surface area contributed by atoms with Gasteiger partial charge in [0.2, 0.25) is 0 Å². The van der Waals surface area contributed by atoms with Gasteiger partial charge in [0.15, 0.2) is 6.23 Å². The molecule has 4 aliphatic rings. The predicted molar refractivity (Wildman–Crippen MR) is 148 cm³/mol. The van der Waals surface area contributed by atoms with E-state index < -0.39 is 0 Å². The van der Waals surface area contributed by atoms with Gasteiger partial charge in [-0.15, -0.1) is 0 Å². The highest BCUT2D eigenvalue weighted by molar-refractivity contribution is 5.86. The smallest absolute Gasteiger partial charge is 0.152 e. The molecule has 1 aromatic rings. The lowest BCUT2D eigenvalue weighted by atomic mass is 9.77. The van der Waals surface area contributed by atoms with Gasteiger partial charge in [-0.25, -0.2) is 0 Å². The average Bonchev–Trinajstić information content (AvgIpc) is 3.42. The summed E-state index contributed by atoms with van der Waals surface area (Å²) < 4.78 is 6.00. The first kappa shape index (κ1) is 24.8. The molecule has 2 N–H and O–H groups in total. The molecule has 0 aromatic heterocycles. The zero-order valence-electron chi connectivity index (χ0n) is 22.0. The second-order valence-corrected chi connectivity index (χ2v) is 11.2. The number of nitrogens with zero attached hydrogens (tertiary/aromatic N) is 4. The Labute approximate surface area is 215 Å². The molecule has 5 unspecified atom stereocenters. The van der Waals surface area contributed by atoms with E-state index in [4.69, 9.17) is 25.6 Å². The van der Waals surface area contributed by atoms with Crippen LogP contribution < -0.4 is 5.73 Å². The third-order valence-electron chi connectivity index (χ3n) is 8.53. The molecule has 0 amide bonds. The molecule has 6 nitrogen and oxygen atoms in total. The van der Waals surface area contributed by atoms with Gasteiger partial charge in [-0.2, -0.15) is 5.10 Å². The third kappa shape index (κ3) is 5.02. The molecule has 6 heteroatoms. The Bertz CT molecular complexity index is 1140. The number of aliphatic imine (C=N–C) groups is 2. The highest BCUT2D eigenvalue weighted by Gasteiger charge is 2.40. The molecule has 36 heavy (non-hydrogen) atoms. The largest absolute Gasteiger partial charge is 0.352 e. The van der Waals surface area contributed by atoms with Crippen molar-refractivity contribution in [2.24, 2.45) is 44.0 Å². The summed E-state index contributed by atoms with van der Waals surface area (Å²) in [5.74, 6) is 1.39. The van der Waals surface area contributed by atoms with Crippen molar-refractivity contribution in [2.45, 2.75) is 65.8 Å². The van der Waals surface area contributed by atoms with Gasteiger partial charge in [-0.1, -0.05) is 57.2 Å². The van der Waals surface area contributed by atoms with E-state index in [2.05, 4.69) is 56.3 Å². The van der Waals surface area contributed by atoms with Crippen LogP contribution in [0.5, 0.6) is 0 Å². The van der Waals surface area contributed by atoms with E-state index in [0.29, 0.717) is 18.4 Å². The molecule has 1 aliphatic carbocycles. The molecule has 0 radical (unpaired) electrons. The Kier molecular flexibility index (Phi) is 7.09. The van der Waals surface area contributed by atoms with Crippen molar-refractivity contribution in [3.8, 4) is 0 Å². The minimum Gasteiger partial charge on any atom is -0.352 e. The summed E-state index contributed by atoms with van der Waals surface area (Å²) in [6.07, 6.45) is 13.7. The molecule has 5 rings (SSSR count). The number of dihydropyridines is 1. The van der Waals surface area contributed by atoms with Crippen LogP contribution in [0.1, 0.15) is 52.5 Å². The summed E-state index contributed by atoms with van der Waals surface area (Å²) in [7, 11) is 0. The number of hydrogen-bond acceptors (Lipinski definition) is 6. The van der Waals surface area contributed by atoms with E-state index in [0.717, 1.165) is 35.5 Å². The fraction of sp³-hybridized carbons (Fsp3) is 0.500. The van der Waals surface area contributed by atoms with Crippen molar-refractivity contribution in [3.05, 3.63) is 70.6 Å². The van der Waals surface area contributed by atoms with Crippen molar-refractivity contribution in [3.63, 3.8) is 0 Å². The van der Waals surface area contributed by atoms with E-state index in [1.165, 1.54) is 18.4 Å². The van der Waals surface area contributed by atoms with E-state index in [1.54, 1.807) is 0 Å². The van der Waals surface area contributed by atoms with Crippen molar-refractivity contribution in [2.75, 3.05) is 6.54 Å². The molecular weight excluding hydrogens is 446 g/mol. The van der Waals surface area contributed by atoms with Crippen molar-refractivity contribution in [1.29, 1.82) is 0 Å². The first-order valence-corrected chi connectivity index (χ1v) is 13.3. The van der Waals surface area contributed by atoms with E-state index in [-0.39, 0.29) is 23.6 Å². The molecule has 3 aliphatic heterocycles. The van der Waals surface area contributed by atoms with Gasteiger partial charge in [0.05, 0.1) is 30.8 Å². The Balaban J connectivity index is 1.30. The van der Waals surface area contributed by atoms with Crippen LogP contribution in [0.2, 0.25) is 0 Å². The highest BCUT2D eigenvalue weighted by atomic mass is 16.5. The summed E-state index contributed by atoms with van der Waals surface area (Å²) in [4.78, 5) is 9.78. The molecule has 1 fully saturated rings. The van der Waals surface area contributed by atoms with Gasteiger partial charge < -0.3 is 10.5 Å². The molecule has 5 atom stereocenters. The maximum absolute atomic E-state index is 6.35. The van der Waals surface area contributed by atoms with E-state index >= 15 is 0 Å². The van der Waals surface area contributed by atoms with Crippen LogP contribution in [-0.2, 0) is 11.3 Å². The Hall–Kier alpha value is -2.83. The SMILES string of the molecule is CC(N)C1=C(N=CC2CCC(C)C2(C)C)C2=CC(C3=CCC(OCc4ccccc4)N=C3)CN2N=C1. The zero-order chi connectivity index (χ0) is 25.3. The Morgan fingerprint density at radius 1 is 1.22 bits per heavy atom. The topological polar surface area (TPSA) is 75.6 Å². The number of ether oxygens (including phenoxy) is 1. The standard InChI is InChI=1S/C30H39N5O/c1-20-10-12-25(30(20,3)4)16-33-29-26(21(2)31)17-34-35-18-24(14-27(29)35)23-11-13-28(32-15-23)36-19-22-8-6-5-7-9-22/h5-9,11,14-17,20-21,24-25,28H,10,12-13,18-19,31H2,1-4H3. The van der Waals surface area contributed by atoms with Crippen LogP contribution in [-0.4, -0.2) is 42.5 Å². The molecule has 0 bridgehead atoms. The Morgan fingerprint density at radius 3 is 2.69 bits per heavy atom. The minimum absolute atomic E-state index is 0.128. The first-order chi connectivity index (χ1) is 17.3. The summed E-state index contributed by atoms with van der Waals surface area (Å²) >= 11 is 0. The zero-order valence-corrected chi connectivity index (χ0v) is 22.0. The van der Waals surface area contributed by atoms with Gasteiger partial charge in [-0.05, 0) is 54.2 Å². The minimum atomic E-state index is -0.134. The fourth-order valence-corrected chi connectivity index (χ4v) is 5.56. The first-order valence-electron chi connectivity index (χ1n) is 13.3. The second kappa shape index (κ2) is 10.3. The number of hydrogen-bond donors (Lipinski definition) is 1. The lowest BCUT2D eigenvalue weighted by Gasteiger charge is -2.29.